The molecule has 0 saturated carbocycles. The number of nitrogens with zero attached hydrogens (tertiary/aromatic N) is 1. The number of aromatic carboxylic acids is 1. The Bertz CT molecular complexity index is 630. The molecule has 1 heterocycles. The molecule has 0 unspecified atom stereocenters. The Morgan fingerprint density at radius 3 is 2.80 bits per heavy atom. The van der Waals surface area contributed by atoms with Gasteiger partial charge in [-0.3, -0.25) is 4.98 Å². The second-order valence-corrected chi connectivity index (χ2v) is 4.33. The highest BCUT2D eigenvalue weighted by atomic mass is 35.5. The van der Waals surface area contributed by atoms with Crippen molar-refractivity contribution in [2.45, 2.75) is 6.61 Å². The summed E-state index contributed by atoms with van der Waals surface area (Å²) < 4.78 is 10.7. The maximum Gasteiger partial charge on any atom is 0.335 e. The predicted molar refractivity (Wildman–Crippen MR) is 73.5 cm³/mol. The Morgan fingerprint density at radius 1 is 1.35 bits per heavy atom. The molecule has 20 heavy (non-hydrogen) atoms. The summed E-state index contributed by atoms with van der Waals surface area (Å²) in [6.07, 6.45) is 3.13. The maximum absolute atomic E-state index is 11.0. The number of carboxylic acid groups (broad SMARTS) is 1. The van der Waals surface area contributed by atoms with Gasteiger partial charge in [-0.2, -0.15) is 0 Å². The van der Waals surface area contributed by atoms with Crippen LogP contribution in [-0.2, 0) is 6.61 Å². The molecule has 1 aromatic carbocycles. The fourth-order valence-corrected chi connectivity index (χ4v) is 1.77. The molecule has 104 valence electrons. The number of hydrogen-bond acceptors (Lipinski definition) is 4. The lowest BCUT2D eigenvalue weighted by Crippen LogP contribution is -2.02. The number of carbonyl (C=O) groups is 1. The van der Waals surface area contributed by atoms with Gasteiger partial charge in [0.1, 0.15) is 6.61 Å². The first-order chi connectivity index (χ1) is 9.61. The summed E-state index contributed by atoms with van der Waals surface area (Å²) >= 11 is 5.98. The minimum absolute atomic E-state index is 0.127. The van der Waals surface area contributed by atoms with Crippen molar-refractivity contribution in [3.05, 3.63) is 52.8 Å². The zero-order valence-corrected chi connectivity index (χ0v) is 11.4. The molecule has 0 aliphatic carbocycles. The Labute approximate surface area is 120 Å². The van der Waals surface area contributed by atoms with Gasteiger partial charge in [-0.25, -0.2) is 4.79 Å². The lowest BCUT2D eigenvalue weighted by atomic mass is 10.2. The summed E-state index contributed by atoms with van der Waals surface area (Å²) in [5.41, 5.74) is 0.881. The second kappa shape index (κ2) is 6.25. The summed E-state index contributed by atoms with van der Waals surface area (Å²) in [7, 11) is 1.49. The predicted octanol–water partition coefficient (Wildman–Crippen LogP) is 3.02. The van der Waals surface area contributed by atoms with Crippen LogP contribution in [0.4, 0.5) is 0 Å². The van der Waals surface area contributed by atoms with Gasteiger partial charge < -0.3 is 14.6 Å². The average Bonchev–Trinajstić information content (AvgIpc) is 2.46. The van der Waals surface area contributed by atoms with Crippen LogP contribution >= 0.6 is 11.6 Å². The van der Waals surface area contributed by atoms with Crippen LogP contribution in [0.15, 0.2) is 36.7 Å². The van der Waals surface area contributed by atoms with E-state index < -0.39 is 5.97 Å². The molecule has 2 aromatic rings. The highest BCUT2D eigenvalue weighted by molar-refractivity contribution is 6.31. The minimum atomic E-state index is -1.03. The summed E-state index contributed by atoms with van der Waals surface area (Å²) in [5, 5.41) is 9.46. The fraction of sp³-hybridized carbons (Fsp3) is 0.143. The highest BCUT2D eigenvalue weighted by Gasteiger charge is 2.11. The third kappa shape index (κ3) is 3.19. The van der Waals surface area contributed by atoms with Gasteiger partial charge in [-0.05, 0) is 24.3 Å². The molecular formula is C14H12ClNO4. The van der Waals surface area contributed by atoms with E-state index in [9.17, 15) is 4.79 Å². The van der Waals surface area contributed by atoms with Gasteiger partial charge in [-0.1, -0.05) is 11.6 Å². The van der Waals surface area contributed by atoms with Gasteiger partial charge in [0, 0.05) is 18.0 Å². The number of pyridine rings is 1. The van der Waals surface area contributed by atoms with Crippen molar-refractivity contribution in [1.82, 2.24) is 4.98 Å². The first-order valence-corrected chi connectivity index (χ1v) is 6.12. The van der Waals surface area contributed by atoms with Gasteiger partial charge >= 0.3 is 5.97 Å². The number of carboxylic acids is 1. The number of benzene rings is 1. The van der Waals surface area contributed by atoms with Crippen molar-refractivity contribution in [1.29, 1.82) is 0 Å². The topological polar surface area (TPSA) is 68.7 Å². The summed E-state index contributed by atoms with van der Waals surface area (Å²) in [6.45, 7) is 0.195. The molecule has 0 amide bonds. The van der Waals surface area contributed by atoms with Crippen LogP contribution in [0.3, 0.4) is 0 Å². The second-order valence-electron chi connectivity index (χ2n) is 3.93. The molecule has 0 radical (unpaired) electrons. The molecular weight excluding hydrogens is 282 g/mol. The van der Waals surface area contributed by atoms with Crippen LogP contribution in [0.1, 0.15) is 15.9 Å². The van der Waals surface area contributed by atoms with E-state index in [2.05, 4.69) is 4.98 Å². The van der Waals surface area contributed by atoms with Crippen molar-refractivity contribution in [3.63, 3.8) is 0 Å². The average molecular weight is 294 g/mol. The number of rotatable bonds is 5. The van der Waals surface area contributed by atoms with Crippen LogP contribution in [0.25, 0.3) is 0 Å². The zero-order chi connectivity index (χ0) is 14.5. The van der Waals surface area contributed by atoms with E-state index >= 15 is 0 Å². The summed E-state index contributed by atoms with van der Waals surface area (Å²) in [5.74, 6) is -0.222. The normalized spacial score (nSPS) is 10.1. The van der Waals surface area contributed by atoms with Crippen LogP contribution < -0.4 is 9.47 Å². The number of halogens is 1. The fourth-order valence-electron chi connectivity index (χ4n) is 1.60. The Morgan fingerprint density at radius 2 is 2.15 bits per heavy atom. The van der Waals surface area contributed by atoms with E-state index in [0.29, 0.717) is 16.5 Å². The van der Waals surface area contributed by atoms with E-state index in [4.69, 9.17) is 26.2 Å². The van der Waals surface area contributed by atoms with Crippen molar-refractivity contribution >= 4 is 17.6 Å². The molecule has 1 N–H and O–H groups in total. The van der Waals surface area contributed by atoms with E-state index in [-0.39, 0.29) is 12.2 Å². The quantitative estimate of drug-likeness (QED) is 0.917. The molecule has 0 aliphatic rings. The van der Waals surface area contributed by atoms with Crippen LogP contribution in [0, 0.1) is 0 Å². The van der Waals surface area contributed by atoms with E-state index in [1.165, 1.54) is 25.4 Å². The molecule has 0 atom stereocenters. The Kier molecular flexibility index (Phi) is 4.42. The van der Waals surface area contributed by atoms with Gasteiger partial charge in [-0.15, -0.1) is 0 Å². The number of aromatic nitrogens is 1. The molecule has 0 fully saturated rings. The summed E-state index contributed by atoms with van der Waals surface area (Å²) in [6, 6.07) is 6.15. The molecule has 5 nitrogen and oxygen atoms in total. The summed E-state index contributed by atoms with van der Waals surface area (Å²) in [4.78, 5) is 14.8. The third-order valence-corrected chi connectivity index (χ3v) is 2.99. The van der Waals surface area contributed by atoms with Crippen molar-refractivity contribution < 1.29 is 19.4 Å². The van der Waals surface area contributed by atoms with Gasteiger partial charge in [0.2, 0.25) is 0 Å². The van der Waals surface area contributed by atoms with E-state index in [1.54, 1.807) is 18.3 Å². The molecule has 0 bridgehead atoms. The Balaban J connectivity index is 2.22. The van der Waals surface area contributed by atoms with Crippen LogP contribution in [0.2, 0.25) is 5.02 Å². The standard InChI is InChI=1S/C14H12ClNO4/c1-19-12-3-2-9(14(17)18)6-13(12)20-8-10-4-5-16-7-11(10)15/h2-7H,8H2,1H3,(H,17,18). The SMILES string of the molecule is COc1ccc(C(=O)O)cc1OCc1ccncc1Cl. The van der Waals surface area contributed by atoms with Crippen molar-refractivity contribution in [3.8, 4) is 11.5 Å². The van der Waals surface area contributed by atoms with E-state index in [0.717, 1.165) is 5.56 Å². The number of methoxy groups -OCH3 is 1. The molecule has 6 heteroatoms. The lowest BCUT2D eigenvalue weighted by molar-refractivity contribution is 0.0696. The first kappa shape index (κ1) is 14.1. The molecule has 0 aliphatic heterocycles. The minimum Gasteiger partial charge on any atom is -0.493 e. The van der Waals surface area contributed by atoms with Crippen molar-refractivity contribution in [2.75, 3.05) is 7.11 Å². The van der Waals surface area contributed by atoms with Crippen molar-refractivity contribution in [2.24, 2.45) is 0 Å². The lowest BCUT2D eigenvalue weighted by Gasteiger charge is -2.12. The van der Waals surface area contributed by atoms with Gasteiger partial charge in [0.05, 0.1) is 17.7 Å². The van der Waals surface area contributed by atoms with Gasteiger partial charge in [0.25, 0.3) is 0 Å². The highest BCUT2D eigenvalue weighted by Crippen LogP contribution is 2.29. The number of ether oxygens (including phenoxy) is 2. The smallest absolute Gasteiger partial charge is 0.335 e. The molecule has 0 saturated heterocycles. The first-order valence-electron chi connectivity index (χ1n) is 5.74. The molecule has 2 rings (SSSR count). The third-order valence-electron chi connectivity index (χ3n) is 2.65. The van der Waals surface area contributed by atoms with Crippen LogP contribution in [0.5, 0.6) is 11.5 Å². The van der Waals surface area contributed by atoms with Gasteiger partial charge in [0.15, 0.2) is 11.5 Å². The molecule has 0 spiro atoms. The Hall–Kier alpha value is -2.27. The zero-order valence-electron chi connectivity index (χ0n) is 10.7. The van der Waals surface area contributed by atoms with E-state index in [1.807, 2.05) is 0 Å². The maximum atomic E-state index is 11.0. The van der Waals surface area contributed by atoms with Crippen LogP contribution in [-0.4, -0.2) is 23.2 Å². The molecule has 1 aromatic heterocycles. The monoisotopic (exact) mass is 293 g/mol. The largest absolute Gasteiger partial charge is 0.493 e. The number of hydrogen-bond donors (Lipinski definition) is 1.